The Balaban J connectivity index is 2.92. The summed E-state index contributed by atoms with van der Waals surface area (Å²) in [6, 6.07) is 1.52. The van der Waals surface area contributed by atoms with Crippen LogP contribution in [0.4, 0.5) is 0 Å². The molecule has 82 valence electrons. The van der Waals surface area contributed by atoms with Gasteiger partial charge in [0.25, 0.3) is 5.91 Å². The van der Waals surface area contributed by atoms with Gasteiger partial charge in [-0.15, -0.1) is 11.3 Å². The van der Waals surface area contributed by atoms with Gasteiger partial charge in [-0.3, -0.25) is 4.79 Å². The average molecular weight is 227 g/mol. The Morgan fingerprint density at radius 3 is 2.47 bits per heavy atom. The SMILES string of the molecule is CC(C)(C)NC(=O)c1ccsc1C(=O)O. The highest BCUT2D eigenvalue weighted by atomic mass is 32.1. The van der Waals surface area contributed by atoms with E-state index in [0.717, 1.165) is 11.3 Å². The molecule has 15 heavy (non-hydrogen) atoms. The number of amides is 1. The van der Waals surface area contributed by atoms with E-state index in [1.165, 1.54) is 6.07 Å². The predicted octanol–water partition coefficient (Wildman–Crippen LogP) is 1.97. The number of thiophene rings is 1. The van der Waals surface area contributed by atoms with E-state index >= 15 is 0 Å². The van der Waals surface area contributed by atoms with Crippen molar-refractivity contribution >= 4 is 23.2 Å². The zero-order chi connectivity index (χ0) is 11.6. The molecule has 1 rings (SSSR count). The van der Waals surface area contributed by atoms with Gasteiger partial charge >= 0.3 is 5.97 Å². The number of rotatable bonds is 2. The van der Waals surface area contributed by atoms with Crippen LogP contribution in [0.25, 0.3) is 0 Å². The minimum atomic E-state index is -1.07. The van der Waals surface area contributed by atoms with Crippen LogP contribution >= 0.6 is 11.3 Å². The fraction of sp³-hybridized carbons (Fsp3) is 0.400. The molecule has 0 bridgehead atoms. The summed E-state index contributed by atoms with van der Waals surface area (Å²) in [5.74, 6) is -1.41. The summed E-state index contributed by atoms with van der Waals surface area (Å²) in [4.78, 5) is 22.5. The lowest BCUT2D eigenvalue weighted by Gasteiger charge is -2.20. The van der Waals surface area contributed by atoms with Gasteiger partial charge in [-0.2, -0.15) is 0 Å². The molecule has 0 spiro atoms. The van der Waals surface area contributed by atoms with Crippen molar-refractivity contribution in [1.29, 1.82) is 0 Å². The number of carboxylic acid groups (broad SMARTS) is 1. The quantitative estimate of drug-likeness (QED) is 0.811. The molecule has 1 heterocycles. The van der Waals surface area contributed by atoms with E-state index < -0.39 is 5.97 Å². The predicted molar refractivity (Wildman–Crippen MR) is 58.5 cm³/mol. The van der Waals surface area contributed by atoms with Crippen LogP contribution < -0.4 is 5.32 Å². The molecular formula is C10H13NO3S. The Morgan fingerprint density at radius 2 is 2.00 bits per heavy atom. The van der Waals surface area contributed by atoms with Crippen LogP contribution in [-0.4, -0.2) is 22.5 Å². The molecule has 2 N–H and O–H groups in total. The molecule has 4 nitrogen and oxygen atoms in total. The maximum atomic E-state index is 11.7. The first-order chi connectivity index (χ1) is 6.81. The molecule has 0 aliphatic heterocycles. The first-order valence-corrected chi connectivity index (χ1v) is 5.32. The van der Waals surface area contributed by atoms with Gasteiger partial charge in [0.2, 0.25) is 0 Å². The number of carbonyl (C=O) groups excluding carboxylic acids is 1. The van der Waals surface area contributed by atoms with E-state index in [1.807, 2.05) is 20.8 Å². The molecule has 1 aromatic rings. The van der Waals surface area contributed by atoms with E-state index in [-0.39, 0.29) is 21.9 Å². The second kappa shape index (κ2) is 4.02. The molecule has 0 aromatic carbocycles. The molecule has 5 heteroatoms. The standard InChI is InChI=1S/C10H13NO3S/c1-10(2,3)11-8(12)6-4-5-15-7(6)9(13)14/h4-5H,1-3H3,(H,11,12)(H,13,14). The number of aromatic carboxylic acids is 1. The van der Waals surface area contributed by atoms with Crippen molar-refractivity contribution in [2.24, 2.45) is 0 Å². The number of carbonyl (C=O) groups is 2. The highest BCUT2D eigenvalue weighted by Gasteiger charge is 2.21. The fourth-order valence-electron chi connectivity index (χ4n) is 1.06. The number of nitrogens with one attached hydrogen (secondary N) is 1. The summed E-state index contributed by atoms with van der Waals surface area (Å²) in [6.45, 7) is 5.53. The highest BCUT2D eigenvalue weighted by molar-refractivity contribution is 7.12. The van der Waals surface area contributed by atoms with E-state index in [4.69, 9.17) is 5.11 Å². The Hall–Kier alpha value is -1.36. The van der Waals surface area contributed by atoms with Crippen molar-refractivity contribution < 1.29 is 14.7 Å². The second-order valence-electron chi connectivity index (χ2n) is 4.17. The van der Waals surface area contributed by atoms with Crippen LogP contribution in [-0.2, 0) is 0 Å². The first-order valence-electron chi connectivity index (χ1n) is 4.44. The number of hydrogen-bond acceptors (Lipinski definition) is 3. The summed E-state index contributed by atoms with van der Waals surface area (Å²) in [7, 11) is 0. The molecule has 1 aromatic heterocycles. The highest BCUT2D eigenvalue weighted by Crippen LogP contribution is 2.17. The largest absolute Gasteiger partial charge is 0.477 e. The van der Waals surface area contributed by atoms with Gasteiger partial charge in [0.15, 0.2) is 0 Å². The van der Waals surface area contributed by atoms with Crippen molar-refractivity contribution in [3.63, 3.8) is 0 Å². The molecule has 0 unspecified atom stereocenters. The summed E-state index contributed by atoms with van der Waals surface area (Å²) >= 11 is 1.05. The van der Waals surface area contributed by atoms with Crippen LogP contribution in [0.1, 0.15) is 40.8 Å². The van der Waals surface area contributed by atoms with Crippen molar-refractivity contribution in [3.05, 3.63) is 21.9 Å². The molecular weight excluding hydrogens is 214 g/mol. The van der Waals surface area contributed by atoms with Gasteiger partial charge in [-0.1, -0.05) is 0 Å². The van der Waals surface area contributed by atoms with Crippen LogP contribution in [0, 0.1) is 0 Å². The topological polar surface area (TPSA) is 66.4 Å². The molecule has 0 fully saturated rings. The Kier molecular flexibility index (Phi) is 3.14. The number of hydrogen-bond donors (Lipinski definition) is 2. The average Bonchev–Trinajstić information content (AvgIpc) is 2.47. The maximum Gasteiger partial charge on any atom is 0.346 e. The minimum absolute atomic E-state index is 0.0803. The molecule has 0 aliphatic carbocycles. The lowest BCUT2D eigenvalue weighted by Crippen LogP contribution is -2.40. The Morgan fingerprint density at radius 1 is 1.40 bits per heavy atom. The van der Waals surface area contributed by atoms with Gasteiger partial charge in [0, 0.05) is 5.54 Å². The summed E-state index contributed by atoms with van der Waals surface area (Å²) < 4.78 is 0. The molecule has 0 atom stereocenters. The maximum absolute atomic E-state index is 11.7. The zero-order valence-corrected chi connectivity index (χ0v) is 9.64. The van der Waals surface area contributed by atoms with E-state index in [0.29, 0.717) is 0 Å². The van der Waals surface area contributed by atoms with Crippen molar-refractivity contribution in [2.45, 2.75) is 26.3 Å². The second-order valence-corrected chi connectivity index (χ2v) is 5.09. The van der Waals surface area contributed by atoms with E-state index in [2.05, 4.69) is 5.32 Å². The summed E-state index contributed by atoms with van der Waals surface area (Å²) in [6.07, 6.45) is 0. The van der Waals surface area contributed by atoms with Gasteiger partial charge in [-0.05, 0) is 32.2 Å². The fourth-order valence-corrected chi connectivity index (χ4v) is 1.79. The van der Waals surface area contributed by atoms with E-state index in [9.17, 15) is 9.59 Å². The van der Waals surface area contributed by atoms with Crippen molar-refractivity contribution in [2.75, 3.05) is 0 Å². The Bertz CT molecular complexity index is 390. The summed E-state index contributed by atoms with van der Waals surface area (Å²) in [5, 5.41) is 13.2. The molecule has 1 amide bonds. The van der Waals surface area contributed by atoms with Gasteiger partial charge in [0.05, 0.1) is 5.56 Å². The third-order valence-electron chi connectivity index (χ3n) is 1.59. The molecule has 0 aliphatic rings. The summed E-state index contributed by atoms with van der Waals surface area (Å²) in [5.41, 5.74) is -0.142. The first kappa shape index (κ1) is 11.7. The Labute approximate surface area is 91.9 Å². The normalized spacial score (nSPS) is 11.1. The molecule has 0 radical (unpaired) electrons. The lowest BCUT2D eigenvalue weighted by atomic mass is 10.1. The number of carboxylic acids is 1. The third-order valence-corrected chi connectivity index (χ3v) is 2.50. The van der Waals surface area contributed by atoms with Gasteiger partial charge < -0.3 is 10.4 Å². The monoisotopic (exact) mass is 227 g/mol. The van der Waals surface area contributed by atoms with Gasteiger partial charge in [-0.25, -0.2) is 4.79 Å². The van der Waals surface area contributed by atoms with Crippen molar-refractivity contribution in [1.82, 2.24) is 5.32 Å². The minimum Gasteiger partial charge on any atom is -0.477 e. The van der Waals surface area contributed by atoms with Gasteiger partial charge in [0.1, 0.15) is 4.88 Å². The van der Waals surface area contributed by atoms with Crippen LogP contribution in [0.15, 0.2) is 11.4 Å². The van der Waals surface area contributed by atoms with Crippen molar-refractivity contribution in [3.8, 4) is 0 Å². The smallest absolute Gasteiger partial charge is 0.346 e. The zero-order valence-electron chi connectivity index (χ0n) is 8.83. The van der Waals surface area contributed by atoms with Crippen LogP contribution in [0.5, 0.6) is 0 Å². The molecule has 0 saturated heterocycles. The van der Waals surface area contributed by atoms with Crippen LogP contribution in [0.3, 0.4) is 0 Å². The van der Waals surface area contributed by atoms with E-state index in [1.54, 1.807) is 5.38 Å². The van der Waals surface area contributed by atoms with Crippen LogP contribution in [0.2, 0.25) is 0 Å². The lowest BCUT2D eigenvalue weighted by molar-refractivity contribution is 0.0695. The molecule has 0 saturated carbocycles. The third kappa shape index (κ3) is 3.06.